The van der Waals surface area contributed by atoms with Crippen LogP contribution in [0.3, 0.4) is 0 Å². The molecule has 2 aromatic rings. The zero-order chi connectivity index (χ0) is 25.9. The van der Waals surface area contributed by atoms with Crippen LogP contribution < -0.4 is 0 Å². The smallest absolute Gasteiger partial charge is 0.306 e. The number of ether oxygens (including phenoxy) is 1. The fraction of sp³-hybridized carbons (Fsp3) is 0.417. The second-order valence-electron chi connectivity index (χ2n) is 8.56. The highest BCUT2D eigenvalue weighted by Gasteiger charge is 2.47. The van der Waals surface area contributed by atoms with Gasteiger partial charge >= 0.3 is 5.97 Å². The number of hydrogen-bond acceptors (Lipinski definition) is 5. The average Bonchev–Trinajstić information content (AvgIpc) is 2.79. The summed E-state index contributed by atoms with van der Waals surface area (Å²) in [6, 6.07) is 12.3. The molecule has 1 aliphatic rings. The van der Waals surface area contributed by atoms with Crippen molar-refractivity contribution in [3.05, 3.63) is 69.7 Å². The fourth-order valence-electron chi connectivity index (χ4n) is 4.19. The third kappa shape index (κ3) is 6.34. The van der Waals surface area contributed by atoms with Crippen molar-refractivity contribution in [3.8, 4) is 0 Å². The van der Waals surface area contributed by atoms with Crippen LogP contribution in [-0.4, -0.2) is 66.6 Å². The number of aliphatic carboxylic acids is 1. The van der Waals surface area contributed by atoms with Crippen LogP contribution in [0, 0.1) is 0 Å². The van der Waals surface area contributed by atoms with Crippen LogP contribution >= 0.6 is 23.2 Å². The van der Waals surface area contributed by atoms with E-state index in [1.54, 1.807) is 55.5 Å². The fourth-order valence-corrected chi connectivity index (χ4v) is 5.69. The predicted octanol–water partition coefficient (Wildman–Crippen LogP) is 4.15. The molecule has 1 amide bonds. The van der Waals surface area contributed by atoms with Gasteiger partial charge in [0.1, 0.15) is 12.2 Å². The summed E-state index contributed by atoms with van der Waals surface area (Å²) in [5, 5.41) is 10.4. The van der Waals surface area contributed by atoms with Gasteiger partial charge in [0, 0.05) is 30.2 Å². The molecule has 3 rings (SSSR count). The van der Waals surface area contributed by atoms with E-state index in [9.17, 15) is 23.1 Å². The molecule has 1 aliphatic heterocycles. The van der Waals surface area contributed by atoms with E-state index in [-0.39, 0.29) is 5.75 Å². The van der Waals surface area contributed by atoms with Crippen molar-refractivity contribution in [2.45, 2.75) is 44.1 Å². The number of nitrogens with zero attached hydrogens (tertiary/aromatic N) is 2. The second kappa shape index (κ2) is 11.3. The van der Waals surface area contributed by atoms with Crippen molar-refractivity contribution in [1.29, 1.82) is 0 Å². The van der Waals surface area contributed by atoms with Crippen molar-refractivity contribution in [2.75, 3.05) is 19.8 Å². The van der Waals surface area contributed by atoms with E-state index in [1.807, 2.05) is 0 Å². The molecular formula is C24H28Cl2N2O6S. The summed E-state index contributed by atoms with van der Waals surface area (Å²) in [6.07, 6.45) is -2.33. The van der Waals surface area contributed by atoms with E-state index < -0.39 is 52.6 Å². The standard InChI is InChI=1S/C24H28Cl2N2O6S/c1-4-19(14-35(32,33)27(2)3)28-22(15-8-10-17(25)11-9-15)23(16-6-5-7-18(26)12-16)34-20(24(28)31)13-21(29)30/h5-12,19-20,22-23H,4,13-14H2,1-3H3,(H,29,30)/t19?,20-,22-,23-/m1/s1. The monoisotopic (exact) mass is 542 g/mol. The Morgan fingerprint density at radius 1 is 1.11 bits per heavy atom. The first-order chi connectivity index (χ1) is 16.4. The van der Waals surface area contributed by atoms with Crippen LogP contribution in [0.15, 0.2) is 48.5 Å². The van der Waals surface area contributed by atoms with Crippen LogP contribution in [0.2, 0.25) is 10.0 Å². The number of rotatable bonds is 9. The van der Waals surface area contributed by atoms with E-state index in [0.717, 1.165) is 4.31 Å². The van der Waals surface area contributed by atoms with Crippen LogP contribution in [0.5, 0.6) is 0 Å². The first kappa shape index (κ1) is 27.4. The van der Waals surface area contributed by atoms with Gasteiger partial charge in [0.15, 0.2) is 0 Å². The molecule has 0 aliphatic carbocycles. The molecule has 0 bridgehead atoms. The molecule has 4 atom stereocenters. The molecule has 8 nitrogen and oxygen atoms in total. The molecule has 0 radical (unpaired) electrons. The molecule has 1 N–H and O–H groups in total. The maximum atomic E-state index is 13.7. The van der Waals surface area contributed by atoms with Gasteiger partial charge in [0.2, 0.25) is 10.0 Å². The lowest BCUT2D eigenvalue weighted by atomic mass is 9.89. The highest BCUT2D eigenvalue weighted by molar-refractivity contribution is 7.89. The number of carbonyl (C=O) groups excluding carboxylic acids is 1. The van der Waals surface area contributed by atoms with Crippen molar-refractivity contribution < 1.29 is 27.9 Å². The molecule has 0 saturated carbocycles. The SMILES string of the molecule is CCC(CS(=O)(=O)N(C)C)N1C(=O)[C@@H](CC(=O)O)O[C@H](c2cccc(Cl)c2)[C@H]1c1ccc(Cl)cc1. The summed E-state index contributed by atoms with van der Waals surface area (Å²) in [5.74, 6) is -2.10. The van der Waals surface area contributed by atoms with Gasteiger partial charge in [-0.2, -0.15) is 0 Å². The Hall–Kier alpha value is -2.17. The minimum Gasteiger partial charge on any atom is -0.481 e. The third-order valence-electron chi connectivity index (χ3n) is 6.00. The number of hydrogen-bond donors (Lipinski definition) is 1. The summed E-state index contributed by atoms with van der Waals surface area (Å²) in [4.78, 5) is 26.7. The van der Waals surface area contributed by atoms with Crippen molar-refractivity contribution in [1.82, 2.24) is 9.21 Å². The molecule has 1 heterocycles. The van der Waals surface area contributed by atoms with Gasteiger partial charge in [-0.15, -0.1) is 0 Å². The Morgan fingerprint density at radius 3 is 2.31 bits per heavy atom. The summed E-state index contributed by atoms with van der Waals surface area (Å²) in [6.45, 7) is 1.79. The zero-order valence-electron chi connectivity index (χ0n) is 19.6. The molecule has 1 unspecified atom stereocenters. The van der Waals surface area contributed by atoms with Gasteiger partial charge in [-0.3, -0.25) is 9.59 Å². The maximum absolute atomic E-state index is 13.7. The van der Waals surface area contributed by atoms with Gasteiger partial charge in [-0.1, -0.05) is 54.4 Å². The Balaban J connectivity index is 2.21. The molecule has 190 valence electrons. The maximum Gasteiger partial charge on any atom is 0.306 e. The Labute approximate surface area is 215 Å². The number of benzene rings is 2. The van der Waals surface area contributed by atoms with Crippen LogP contribution in [-0.2, 0) is 24.3 Å². The van der Waals surface area contributed by atoms with Crippen molar-refractivity contribution >= 4 is 45.1 Å². The lowest BCUT2D eigenvalue weighted by molar-refractivity contribution is -0.182. The minimum absolute atomic E-state index is 0.324. The molecule has 0 spiro atoms. The average molecular weight is 543 g/mol. The lowest BCUT2D eigenvalue weighted by Gasteiger charge is -2.48. The van der Waals surface area contributed by atoms with E-state index >= 15 is 0 Å². The lowest BCUT2D eigenvalue weighted by Crippen LogP contribution is -2.57. The Morgan fingerprint density at radius 2 is 1.77 bits per heavy atom. The summed E-state index contributed by atoms with van der Waals surface area (Å²) >= 11 is 12.3. The predicted molar refractivity (Wildman–Crippen MR) is 134 cm³/mol. The molecule has 1 saturated heterocycles. The molecule has 2 aromatic carbocycles. The van der Waals surface area contributed by atoms with E-state index in [1.165, 1.54) is 19.0 Å². The third-order valence-corrected chi connectivity index (χ3v) is 8.41. The second-order valence-corrected chi connectivity index (χ2v) is 11.7. The van der Waals surface area contributed by atoms with Crippen molar-refractivity contribution in [2.24, 2.45) is 0 Å². The number of halogens is 2. The largest absolute Gasteiger partial charge is 0.481 e. The van der Waals surface area contributed by atoms with Gasteiger partial charge in [0.25, 0.3) is 5.91 Å². The number of sulfonamides is 1. The normalized spacial score (nSPS) is 21.8. The molecule has 0 aromatic heterocycles. The summed E-state index contributed by atoms with van der Waals surface area (Å²) < 4.78 is 32.9. The summed E-state index contributed by atoms with van der Waals surface area (Å²) in [5.41, 5.74) is 1.30. The molecular weight excluding hydrogens is 515 g/mol. The number of carboxylic acids is 1. The van der Waals surface area contributed by atoms with Gasteiger partial charge in [-0.05, 0) is 41.8 Å². The van der Waals surface area contributed by atoms with Crippen LogP contribution in [0.1, 0.15) is 43.0 Å². The van der Waals surface area contributed by atoms with Crippen LogP contribution in [0.25, 0.3) is 0 Å². The zero-order valence-corrected chi connectivity index (χ0v) is 21.9. The topological polar surface area (TPSA) is 104 Å². The quantitative estimate of drug-likeness (QED) is 0.510. The highest BCUT2D eigenvalue weighted by atomic mass is 35.5. The first-order valence-corrected chi connectivity index (χ1v) is 13.4. The molecule has 35 heavy (non-hydrogen) atoms. The number of carbonyl (C=O) groups is 2. The highest BCUT2D eigenvalue weighted by Crippen LogP contribution is 2.44. The molecule has 1 fully saturated rings. The van der Waals surface area contributed by atoms with Crippen LogP contribution in [0.4, 0.5) is 0 Å². The number of amides is 1. The molecule has 11 heteroatoms. The first-order valence-electron chi connectivity index (χ1n) is 11.0. The Bertz CT molecular complexity index is 1170. The summed E-state index contributed by atoms with van der Waals surface area (Å²) in [7, 11) is -0.819. The van der Waals surface area contributed by atoms with E-state index in [4.69, 9.17) is 27.9 Å². The number of morpholine rings is 1. The number of carboxylic acid groups (broad SMARTS) is 1. The van der Waals surface area contributed by atoms with Crippen molar-refractivity contribution in [3.63, 3.8) is 0 Å². The minimum atomic E-state index is -3.68. The van der Waals surface area contributed by atoms with Gasteiger partial charge in [0.05, 0.1) is 18.2 Å². The Kier molecular flexibility index (Phi) is 8.82. The van der Waals surface area contributed by atoms with E-state index in [2.05, 4.69) is 0 Å². The van der Waals surface area contributed by atoms with Gasteiger partial charge < -0.3 is 14.7 Å². The van der Waals surface area contributed by atoms with E-state index in [0.29, 0.717) is 27.6 Å². The van der Waals surface area contributed by atoms with Gasteiger partial charge in [-0.25, -0.2) is 12.7 Å².